The molecule has 0 heterocycles. The summed E-state index contributed by atoms with van der Waals surface area (Å²) < 4.78 is 0. The fraction of sp³-hybridized carbons (Fsp3) is 0.176. The Morgan fingerprint density at radius 1 is 0.824 bits per heavy atom. The minimum absolute atomic E-state index is 0.596. The van der Waals surface area contributed by atoms with Gasteiger partial charge in [0.25, 0.3) is 0 Å². The van der Waals surface area contributed by atoms with Gasteiger partial charge in [0.1, 0.15) is 0 Å². The van der Waals surface area contributed by atoms with Gasteiger partial charge in [-0.2, -0.15) is 0 Å². The van der Waals surface area contributed by atoms with E-state index in [1.807, 2.05) is 0 Å². The Hall–Kier alpha value is -1.82. The highest BCUT2D eigenvalue weighted by molar-refractivity contribution is 5.69. The summed E-state index contributed by atoms with van der Waals surface area (Å²) in [5, 5.41) is 0. The van der Waals surface area contributed by atoms with E-state index in [-0.39, 0.29) is 0 Å². The first-order valence-corrected chi connectivity index (χ1v) is 6.15. The molecule has 3 rings (SSSR count). The van der Waals surface area contributed by atoms with E-state index in [0.29, 0.717) is 5.92 Å². The predicted octanol–water partition coefficient (Wildman–Crippen LogP) is 4.43. The molecule has 84 valence electrons. The van der Waals surface area contributed by atoms with Gasteiger partial charge >= 0.3 is 0 Å². The van der Waals surface area contributed by atoms with Crippen LogP contribution in [-0.2, 0) is 6.42 Å². The smallest absolute Gasteiger partial charge is 0.00808 e. The van der Waals surface area contributed by atoms with Crippen molar-refractivity contribution in [3.8, 4) is 0 Å². The zero-order valence-corrected chi connectivity index (χ0v) is 9.89. The van der Waals surface area contributed by atoms with E-state index in [0.717, 1.165) is 12.8 Å². The van der Waals surface area contributed by atoms with E-state index in [1.54, 1.807) is 0 Å². The first-order valence-electron chi connectivity index (χ1n) is 6.15. The van der Waals surface area contributed by atoms with Crippen LogP contribution in [0.2, 0.25) is 0 Å². The highest BCUT2D eigenvalue weighted by atomic mass is 14.3. The molecule has 0 heteroatoms. The van der Waals surface area contributed by atoms with Crippen molar-refractivity contribution in [1.82, 2.24) is 0 Å². The highest BCUT2D eigenvalue weighted by Gasteiger charge is 2.21. The van der Waals surface area contributed by atoms with E-state index in [4.69, 9.17) is 0 Å². The maximum Gasteiger partial charge on any atom is -0.00808 e. The van der Waals surface area contributed by atoms with Crippen LogP contribution in [0.15, 0.2) is 61.2 Å². The summed E-state index contributed by atoms with van der Waals surface area (Å²) in [5.41, 5.74) is 5.51. The highest BCUT2D eigenvalue weighted by Crippen LogP contribution is 2.38. The van der Waals surface area contributed by atoms with Crippen molar-refractivity contribution < 1.29 is 0 Å². The molecule has 1 atom stereocenters. The van der Waals surface area contributed by atoms with E-state index in [1.165, 1.54) is 22.3 Å². The predicted molar refractivity (Wildman–Crippen MR) is 73.0 cm³/mol. The Balaban J connectivity index is 1.97. The first-order chi connectivity index (χ1) is 8.34. The lowest BCUT2D eigenvalue weighted by Crippen LogP contribution is -2.11. The quantitative estimate of drug-likeness (QED) is 0.667. The molecule has 1 aliphatic carbocycles. The standard InChI is InChI=1S/C17H16/c1-13-11-16(14-7-3-2-4-8-14)12-15-9-5-6-10-17(13)15/h2-10,16H,1,11-12H2. The second-order valence-electron chi connectivity index (χ2n) is 4.78. The van der Waals surface area contributed by atoms with Crippen LogP contribution >= 0.6 is 0 Å². The SMILES string of the molecule is C=C1CC(c2ccccc2)Cc2ccccc21. The lowest BCUT2D eigenvalue weighted by molar-refractivity contribution is 0.684. The van der Waals surface area contributed by atoms with Crippen LogP contribution in [-0.4, -0.2) is 0 Å². The Morgan fingerprint density at radius 2 is 1.53 bits per heavy atom. The van der Waals surface area contributed by atoms with Gasteiger partial charge in [0, 0.05) is 0 Å². The molecule has 0 saturated carbocycles. The van der Waals surface area contributed by atoms with Crippen molar-refractivity contribution in [1.29, 1.82) is 0 Å². The monoisotopic (exact) mass is 220 g/mol. The molecular weight excluding hydrogens is 204 g/mol. The maximum absolute atomic E-state index is 4.23. The van der Waals surface area contributed by atoms with Crippen molar-refractivity contribution >= 4 is 5.57 Å². The third-order valence-electron chi connectivity index (χ3n) is 3.63. The van der Waals surface area contributed by atoms with Crippen LogP contribution in [0.4, 0.5) is 0 Å². The average molecular weight is 220 g/mol. The van der Waals surface area contributed by atoms with Crippen LogP contribution in [0.25, 0.3) is 5.57 Å². The molecule has 2 aromatic rings. The molecule has 1 unspecified atom stereocenters. The Bertz CT molecular complexity index is 537. The zero-order chi connectivity index (χ0) is 11.7. The fourth-order valence-electron chi connectivity index (χ4n) is 2.75. The van der Waals surface area contributed by atoms with Crippen LogP contribution < -0.4 is 0 Å². The largest absolute Gasteiger partial charge is 0.0952 e. The third-order valence-corrected chi connectivity index (χ3v) is 3.63. The minimum Gasteiger partial charge on any atom is -0.0952 e. The summed E-state index contributed by atoms with van der Waals surface area (Å²) in [5.74, 6) is 0.596. The lowest BCUT2D eigenvalue weighted by Gasteiger charge is -2.26. The number of benzene rings is 2. The molecule has 0 radical (unpaired) electrons. The minimum atomic E-state index is 0.596. The van der Waals surface area contributed by atoms with Crippen molar-refractivity contribution in [3.63, 3.8) is 0 Å². The summed E-state index contributed by atoms with van der Waals surface area (Å²) >= 11 is 0. The molecule has 0 N–H and O–H groups in total. The van der Waals surface area contributed by atoms with E-state index < -0.39 is 0 Å². The number of fused-ring (bicyclic) bond motifs is 1. The van der Waals surface area contributed by atoms with Crippen LogP contribution in [0.5, 0.6) is 0 Å². The summed E-state index contributed by atoms with van der Waals surface area (Å²) in [6.45, 7) is 4.23. The molecule has 0 spiro atoms. The van der Waals surface area contributed by atoms with Gasteiger partial charge in [0.05, 0.1) is 0 Å². The van der Waals surface area contributed by atoms with E-state index in [9.17, 15) is 0 Å². The van der Waals surface area contributed by atoms with Gasteiger partial charge < -0.3 is 0 Å². The molecule has 0 aliphatic heterocycles. The second-order valence-corrected chi connectivity index (χ2v) is 4.78. The molecule has 0 fully saturated rings. The van der Waals surface area contributed by atoms with Crippen LogP contribution in [0.1, 0.15) is 29.0 Å². The van der Waals surface area contributed by atoms with Crippen LogP contribution in [0, 0.1) is 0 Å². The Labute approximate surface area is 103 Å². The zero-order valence-electron chi connectivity index (χ0n) is 9.89. The van der Waals surface area contributed by atoms with Gasteiger partial charge in [-0.1, -0.05) is 61.2 Å². The Morgan fingerprint density at radius 3 is 2.35 bits per heavy atom. The molecule has 1 aliphatic rings. The molecule has 17 heavy (non-hydrogen) atoms. The Kier molecular flexibility index (Phi) is 2.56. The molecular formula is C17H16. The third kappa shape index (κ3) is 1.91. The lowest BCUT2D eigenvalue weighted by atomic mass is 9.78. The molecule has 2 aromatic carbocycles. The fourth-order valence-corrected chi connectivity index (χ4v) is 2.75. The van der Waals surface area contributed by atoms with Crippen molar-refractivity contribution in [2.75, 3.05) is 0 Å². The van der Waals surface area contributed by atoms with Gasteiger partial charge in [-0.05, 0) is 41.0 Å². The van der Waals surface area contributed by atoms with E-state index >= 15 is 0 Å². The first kappa shape index (κ1) is 10.3. The summed E-state index contributed by atoms with van der Waals surface area (Å²) in [6.07, 6.45) is 2.22. The van der Waals surface area contributed by atoms with Gasteiger partial charge in [0.2, 0.25) is 0 Å². The summed E-state index contributed by atoms with van der Waals surface area (Å²) in [4.78, 5) is 0. The molecule has 0 bridgehead atoms. The number of hydrogen-bond acceptors (Lipinski definition) is 0. The number of hydrogen-bond donors (Lipinski definition) is 0. The number of allylic oxidation sites excluding steroid dienone is 1. The molecule has 0 nitrogen and oxygen atoms in total. The summed E-state index contributed by atoms with van der Waals surface area (Å²) in [6, 6.07) is 19.4. The topological polar surface area (TPSA) is 0 Å². The van der Waals surface area contributed by atoms with Crippen LogP contribution in [0.3, 0.4) is 0 Å². The second kappa shape index (κ2) is 4.21. The van der Waals surface area contributed by atoms with E-state index in [2.05, 4.69) is 61.2 Å². The van der Waals surface area contributed by atoms with Crippen molar-refractivity contribution in [3.05, 3.63) is 77.9 Å². The maximum atomic E-state index is 4.23. The van der Waals surface area contributed by atoms with Crippen molar-refractivity contribution in [2.24, 2.45) is 0 Å². The normalized spacial score (nSPS) is 18.8. The number of rotatable bonds is 1. The van der Waals surface area contributed by atoms with Gasteiger partial charge in [-0.15, -0.1) is 0 Å². The molecule has 0 aromatic heterocycles. The molecule has 0 amide bonds. The van der Waals surface area contributed by atoms with Gasteiger partial charge in [-0.3, -0.25) is 0 Å². The summed E-state index contributed by atoms with van der Waals surface area (Å²) in [7, 11) is 0. The molecule has 0 saturated heterocycles. The average Bonchev–Trinajstić information content (AvgIpc) is 2.40. The van der Waals surface area contributed by atoms with Gasteiger partial charge in [-0.25, -0.2) is 0 Å². The van der Waals surface area contributed by atoms with Crippen molar-refractivity contribution in [2.45, 2.75) is 18.8 Å². The van der Waals surface area contributed by atoms with Gasteiger partial charge in [0.15, 0.2) is 0 Å².